The normalized spacial score (nSPS) is 24.9. The second-order valence-corrected chi connectivity index (χ2v) is 7.71. The van der Waals surface area contributed by atoms with Crippen LogP contribution in [-0.2, 0) is 4.79 Å². The van der Waals surface area contributed by atoms with Crippen molar-refractivity contribution < 1.29 is 14.1 Å². The number of non-ortho nitro benzene ring substituents is 1. The van der Waals surface area contributed by atoms with Gasteiger partial charge in [-0.1, -0.05) is 42.5 Å². The standard InChI is InChI=1S/C23H19FN4O3/c24-16-11-9-14(10-12-16)20-19-21(26-25-20)23(29)27(17-6-2-1-3-7-17)22(19)15-5-4-8-18(13-15)28(30)31/h1-13,19-22,25-26H. The predicted molar refractivity (Wildman–Crippen MR) is 112 cm³/mol. The van der Waals surface area contributed by atoms with E-state index in [0.717, 1.165) is 11.3 Å². The number of fused-ring (bicyclic) bond motifs is 1. The number of benzene rings is 3. The Morgan fingerprint density at radius 2 is 1.58 bits per heavy atom. The summed E-state index contributed by atoms with van der Waals surface area (Å²) in [6.07, 6.45) is 0. The third-order valence-electron chi connectivity index (χ3n) is 6.00. The number of hydrazine groups is 1. The first-order valence-electron chi connectivity index (χ1n) is 9.93. The Bertz CT molecular complexity index is 1140. The molecule has 1 amide bonds. The fourth-order valence-electron chi connectivity index (χ4n) is 4.66. The maximum absolute atomic E-state index is 13.5. The van der Waals surface area contributed by atoms with E-state index in [1.165, 1.54) is 24.3 Å². The molecule has 156 valence electrons. The molecule has 31 heavy (non-hydrogen) atoms. The average Bonchev–Trinajstić information content (AvgIpc) is 3.34. The molecule has 0 spiro atoms. The van der Waals surface area contributed by atoms with Crippen molar-refractivity contribution in [1.29, 1.82) is 0 Å². The summed E-state index contributed by atoms with van der Waals surface area (Å²) in [6.45, 7) is 0. The molecule has 2 aliphatic heterocycles. The second kappa shape index (κ2) is 7.57. The molecule has 8 heteroatoms. The molecule has 3 aromatic carbocycles. The Morgan fingerprint density at radius 1 is 0.871 bits per heavy atom. The maximum Gasteiger partial charge on any atom is 0.269 e. The van der Waals surface area contributed by atoms with Crippen LogP contribution < -0.4 is 15.8 Å². The third-order valence-corrected chi connectivity index (χ3v) is 6.00. The highest BCUT2D eigenvalue weighted by Crippen LogP contribution is 2.49. The molecule has 7 nitrogen and oxygen atoms in total. The van der Waals surface area contributed by atoms with Crippen molar-refractivity contribution in [3.8, 4) is 0 Å². The van der Waals surface area contributed by atoms with E-state index in [1.54, 1.807) is 23.1 Å². The molecule has 3 aromatic rings. The minimum Gasteiger partial charge on any atom is -0.303 e. The van der Waals surface area contributed by atoms with Crippen LogP contribution in [0.2, 0.25) is 0 Å². The number of hydrogen-bond acceptors (Lipinski definition) is 5. The van der Waals surface area contributed by atoms with Crippen LogP contribution in [0.25, 0.3) is 0 Å². The summed E-state index contributed by atoms with van der Waals surface area (Å²) < 4.78 is 13.5. The van der Waals surface area contributed by atoms with E-state index in [4.69, 9.17) is 0 Å². The van der Waals surface area contributed by atoms with Crippen LogP contribution in [-0.4, -0.2) is 16.9 Å². The van der Waals surface area contributed by atoms with Crippen molar-refractivity contribution in [3.63, 3.8) is 0 Å². The largest absolute Gasteiger partial charge is 0.303 e. The summed E-state index contributed by atoms with van der Waals surface area (Å²) in [7, 11) is 0. The molecule has 0 saturated carbocycles. The number of anilines is 1. The van der Waals surface area contributed by atoms with Crippen LogP contribution in [0, 0.1) is 21.8 Å². The van der Waals surface area contributed by atoms with Crippen LogP contribution in [0.1, 0.15) is 23.2 Å². The highest BCUT2D eigenvalue weighted by atomic mass is 19.1. The van der Waals surface area contributed by atoms with Gasteiger partial charge in [0.25, 0.3) is 5.69 Å². The van der Waals surface area contributed by atoms with Crippen molar-refractivity contribution in [3.05, 3.63) is 106 Å². The molecule has 2 N–H and O–H groups in total. The second-order valence-electron chi connectivity index (χ2n) is 7.71. The zero-order chi connectivity index (χ0) is 21.5. The van der Waals surface area contributed by atoms with E-state index in [0.29, 0.717) is 5.56 Å². The first-order valence-corrected chi connectivity index (χ1v) is 9.93. The molecule has 2 heterocycles. The summed E-state index contributed by atoms with van der Waals surface area (Å²) in [5, 5.41) is 11.4. The molecule has 2 saturated heterocycles. The van der Waals surface area contributed by atoms with Crippen molar-refractivity contribution in [2.24, 2.45) is 5.92 Å². The van der Waals surface area contributed by atoms with Gasteiger partial charge in [0, 0.05) is 23.7 Å². The lowest BCUT2D eigenvalue weighted by Gasteiger charge is -2.31. The number of nitrogens with one attached hydrogen (secondary N) is 2. The van der Waals surface area contributed by atoms with Crippen molar-refractivity contribution in [2.75, 3.05) is 4.90 Å². The fourth-order valence-corrected chi connectivity index (χ4v) is 4.66. The van der Waals surface area contributed by atoms with E-state index < -0.39 is 17.0 Å². The Morgan fingerprint density at radius 3 is 2.29 bits per heavy atom. The van der Waals surface area contributed by atoms with Gasteiger partial charge in [-0.25, -0.2) is 15.2 Å². The number of para-hydroxylation sites is 1. The fraction of sp³-hybridized carbons (Fsp3) is 0.174. The number of nitrogens with zero attached hydrogens (tertiary/aromatic N) is 2. The van der Waals surface area contributed by atoms with Gasteiger partial charge >= 0.3 is 0 Å². The monoisotopic (exact) mass is 418 g/mol. The number of amides is 1. The molecular weight excluding hydrogens is 399 g/mol. The van der Waals surface area contributed by atoms with Crippen molar-refractivity contribution in [1.82, 2.24) is 10.9 Å². The number of nitro groups is 1. The molecular formula is C23H19FN4O3. The maximum atomic E-state index is 13.5. The SMILES string of the molecule is O=C1C2NNC(c3ccc(F)cc3)C2C(c2cccc([N+](=O)[O-])c2)N1c1ccccc1. The lowest BCUT2D eigenvalue weighted by Crippen LogP contribution is -2.41. The van der Waals surface area contributed by atoms with Gasteiger partial charge in [-0.15, -0.1) is 0 Å². The van der Waals surface area contributed by atoms with Crippen LogP contribution >= 0.6 is 0 Å². The number of carbonyl (C=O) groups is 1. The first-order chi connectivity index (χ1) is 15.0. The van der Waals surface area contributed by atoms with E-state index in [1.807, 2.05) is 36.4 Å². The molecule has 0 aliphatic carbocycles. The summed E-state index contributed by atoms with van der Waals surface area (Å²) in [4.78, 5) is 26.1. The van der Waals surface area contributed by atoms with E-state index in [-0.39, 0.29) is 29.4 Å². The highest BCUT2D eigenvalue weighted by molar-refractivity contribution is 6.01. The lowest BCUT2D eigenvalue weighted by molar-refractivity contribution is -0.384. The molecule has 0 bridgehead atoms. The van der Waals surface area contributed by atoms with Crippen LogP contribution in [0.3, 0.4) is 0 Å². The minimum atomic E-state index is -0.528. The average molecular weight is 418 g/mol. The van der Waals surface area contributed by atoms with Crippen LogP contribution in [0.15, 0.2) is 78.9 Å². The number of nitro benzene ring substituents is 1. The van der Waals surface area contributed by atoms with Gasteiger partial charge in [0.1, 0.15) is 11.9 Å². The molecule has 2 fully saturated rings. The highest BCUT2D eigenvalue weighted by Gasteiger charge is 2.56. The van der Waals surface area contributed by atoms with E-state index in [2.05, 4.69) is 10.9 Å². The van der Waals surface area contributed by atoms with Gasteiger partial charge in [-0.3, -0.25) is 14.9 Å². The van der Waals surface area contributed by atoms with Gasteiger partial charge in [0.15, 0.2) is 0 Å². The molecule has 0 radical (unpaired) electrons. The van der Waals surface area contributed by atoms with E-state index in [9.17, 15) is 19.3 Å². The Hall–Kier alpha value is -3.62. The Balaban J connectivity index is 1.64. The molecule has 4 unspecified atom stereocenters. The quantitative estimate of drug-likeness (QED) is 0.499. The van der Waals surface area contributed by atoms with Gasteiger partial charge in [0.2, 0.25) is 5.91 Å². The van der Waals surface area contributed by atoms with Crippen LogP contribution in [0.4, 0.5) is 15.8 Å². The van der Waals surface area contributed by atoms with Gasteiger partial charge in [-0.05, 0) is 35.4 Å². The third kappa shape index (κ3) is 3.26. The topological polar surface area (TPSA) is 87.5 Å². The Kier molecular flexibility index (Phi) is 4.72. The zero-order valence-corrected chi connectivity index (χ0v) is 16.3. The van der Waals surface area contributed by atoms with Crippen molar-refractivity contribution >= 4 is 17.3 Å². The smallest absolute Gasteiger partial charge is 0.269 e. The van der Waals surface area contributed by atoms with Crippen molar-refractivity contribution in [2.45, 2.75) is 18.1 Å². The first kappa shape index (κ1) is 19.3. The summed E-state index contributed by atoms with van der Waals surface area (Å²) in [5.41, 5.74) is 8.48. The van der Waals surface area contributed by atoms with Gasteiger partial charge in [0.05, 0.1) is 17.0 Å². The molecule has 0 aromatic heterocycles. The molecule has 4 atom stereocenters. The molecule has 5 rings (SSSR count). The zero-order valence-electron chi connectivity index (χ0n) is 16.3. The van der Waals surface area contributed by atoms with Gasteiger partial charge < -0.3 is 4.90 Å². The molecule has 2 aliphatic rings. The number of halogens is 1. The van der Waals surface area contributed by atoms with E-state index >= 15 is 0 Å². The number of hydrogen-bond donors (Lipinski definition) is 2. The predicted octanol–water partition coefficient (Wildman–Crippen LogP) is 3.66. The Labute approximate surface area is 177 Å². The summed E-state index contributed by atoms with van der Waals surface area (Å²) in [6, 6.07) is 20.6. The van der Waals surface area contributed by atoms with Gasteiger partial charge in [-0.2, -0.15) is 0 Å². The lowest BCUT2D eigenvalue weighted by atomic mass is 9.83. The number of rotatable bonds is 4. The van der Waals surface area contributed by atoms with Crippen LogP contribution in [0.5, 0.6) is 0 Å². The summed E-state index contributed by atoms with van der Waals surface area (Å²) >= 11 is 0. The number of carbonyl (C=O) groups excluding carboxylic acids is 1. The summed E-state index contributed by atoms with van der Waals surface area (Å²) in [5.74, 6) is -0.722. The minimum absolute atomic E-state index is 0.0290.